The lowest BCUT2D eigenvalue weighted by Gasteiger charge is -2.21. The van der Waals surface area contributed by atoms with Crippen LogP contribution in [-0.4, -0.2) is 42.2 Å². The van der Waals surface area contributed by atoms with Gasteiger partial charge in [0.25, 0.3) is 0 Å². The highest BCUT2D eigenvalue weighted by Crippen LogP contribution is 2.13. The van der Waals surface area contributed by atoms with E-state index in [1.165, 1.54) is 19.4 Å². The second-order valence-electron chi connectivity index (χ2n) is 4.29. The average Bonchev–Trinajstić information content (AvgIpc) is 2.46. The summed E-state index contributed by atoms with van der Waals surface area (Å²) in [5.74, 6) is 0. The molecule has 1 heterocycles. The molecule has 0 aromatic heterocycles. The van der Waals surface area contributed by atoms with Gasteiger partial charge in [-0.3, -0.25) is 0 Å². The Balaban J connectivity index is 2.16. The van der Waals surface area contributed by atoms with Gasteiger partial charge in [-0.25, -0.2) is 0 Å². The molecule has 0 aromatic rings. The predicted octanol–water partition coefficient (Wildman–Crippen LogP) is 0.953. The largest absolute Gasteiger partial charge is 0.361 e. The van der Waals surface area contributed by atoms with Crippen molar-refractivity contribution in [2.24, 2.45) is 0 Å². The third-order valence-electron chi connectivity index (χ3n) is 2.59. The fourth-order valence-corrected chi connectivity index (χ4v) is 2.08. The third kappa shape index (κ3) is 3.80. The van der Waals surface area contributed by atoms with Crippen molar-refractivity contribution in [2.75, 3.05) is 20.1 Å². The summed E-state index contributed by atoms with van der Waals surface area (Å²) in [6, 6.07) is 1.07. The maximum absolute atomic E-state index is 5.16. The van der Waals surface area contributed by atoms with Crippen LogP contribution in [0.25, 0.3) is 0 Å². The molecule has 1 saturated heterocycles. The zero-order chi connectivity index (χ0) is 10.6. The first-order valence-electron chi connectivity index (χ1n) is 5.34. The van der Waals surface area contributed by atoms with Crippen LogP contribution in [0, 0.1) is 0 Å². The average molecular weight is 215 g/mol. The lowest BCUT2D eigenvalue weighted by Crippen LogP contribution is -2.44. The van der Waals surface area contributed by atoms with Gasteiger partial charge in [0.1, 0.15) is 0 Å². The van der Waals surface area contributed by atoms with E-state index in [1.807, 2.05) is 0 Å². The summed E-state index contributed by atoms with van der Waals surface area (Å²) in [5, 5.41) is 7.23. The molecule has 14 heavy (non-hydrogen) atoms. The first-order valence-corrected chi connectivity index (χ1v) is 5.75. The molecule has 1 aliphatic heterocycles. The minimum Gasteiger partial charge on any atom is -0.361 e. The lowest BCUT2D eigenvalue weighted by atomic mass is 10.2. The van der Waals surface area contributed by atoms with E-state index in [-0.39, 0.29) is 0 Å². The van der Waals surface area contributed by atoms with Gasteiger partial charge in [0.05, 0.1) is 0 Å². The van der Waals surface area contributed by atoms with Gasteiger partial charge in [-0.15, -0.1) is 0 Å². The summed E-state index contributed by atoms with van der Waals surface area (Å²) in [5.41, 5.74) is 0. The van der Waals surface area contributed by atoms with E-state index in [0.29, 0.717) is 12.1 Å². The van der Waals surface area contributed by atoms with Crippen LogP contribution in [0.1, 0.15) is 26.7 Å². The lowest BCUT2D eigenvalue weighted by molar-refractivity contribution is 0.310. The van der Waals surface area contributed by atoms with Crippen molar-refractivity contribution in [3.05, 3.63) is 0 Å². The van der Waals surface area contributed by atoms with E-state index in [4.69, 9.17) is 12.2 Å². The van der Waals surface area contributed by atoms with E-state index >= 15 is 0 Å². The van der Waals surface area contributed by atoms with E-state index < -0.39 is 0 Å². The van der Waals surface area contributed by atoms with E-state index in [0.717, 1.165) is 11.7 Å². The molecule has 82 valence electrons. The fourth-order valence-electron chi connectivity index (χ4n) is 1.76. The van der Waals surface area contributed by atoms with Gasteiger partial charge < -0.3 is 15.5 Å². The van der Waals surface area contributed by atoms with E-state index in [2.05, 4.69) is 36.4 Å². The number of nitrogens with one attached hydrogen (secondary N) is 2. The third-order valence-corrected chi connectivity index (χ3v) is 2.85. The number of likely N-dealkylation sites (tertiary alicyclic amines) is 1. The van der Waals surface area contributed by atoms with Crippen molar-refractivity contribution in [1.82, 2.24) is 15.5 Å². The number of thiocarbonyl (C=S) groups is 1. The first-order chi connectivity index (χ1) is 6.59. The summed E-state index contributed by atoms with van der Waals surface area (Å²) in [4.78, 5) is 2.39. The number of hydrogen-bond acceptors (Lipinski definition) is 2. The zero-order valence-electron chi connectivity index (χ0n) is 9.34. The molecular weight excluding hydrogens is 194 g/mol. The molecule has 1 atom stereocenters. The molecule has 0 spiro atoms. The van der Waals surface area contributed by atoms with Gasteiger partial charge in [-0.1, -0.05) is 0 Å². The van der Waals surface area contributed by atoms with Crippen molar-refractivity contribution in [3.8, 4) is 0 Å². The van der Waals surface area contributed by atoms with Gasteiger partial charge in [0, 0.05) is 18.6 Å². The molecule has 0 bridgehead atoms. The van der Waals surface area contributed by atoms with Gasteiger partial charge in [0.15, 0.2) is 5.11 Å². The standard InChI is InChI=1S/C10H21N3S/c1-8(2)12-10(14)11-7-9-5-4-6-13(9)3/h8-9H,4-7H2,1-3H3,(H2,11,12,14). The summed E-state index contributed by atoms with van der Waals surface area (Å²) < 4.78 is 0. The quantitative estimate of drug-likeness (QED) is 0.686. The minimum absolute atomic E-state index is 0.413. The van der Waals surface area contributed by atoms with E-state index in [9.17, 15) is 0 Å². The molecule has 0 aliphatic carbocycles. The number of likely N-dealkylation sites (N-methyl/N-ethyl adjacent to an activating group) is 1. The molecule has 0 aromatic carbocycles. The molecule has 1 unspecified atom stereocenters. The Bertz CT molecular complexity index is 194. The minimum atomic E-state index is 0.413. The second kappa shape index (κ2) is 5.51. The van der Waals surface area contributed by atoms with Gasteiger partial charge in [-0.05, 0) is 52.5 Å². The van der Waals surface area contributed by atoms with Crippen molar-refractivity contribution >= 4 is 17.3 Å². The fraction of sp³-hybridized carbons (Fsp3) is 0.900. The molecule has 1 fully saturated rings. The van der Waals surface area contributed by atoms with Crippen LogP contribution in [-0.2, 0) is 0 Å². The maximum atomic E-state index is 5.16. The molecule has 4 heteroatoms. The Morgan fingerprint density at radius 3 is 2.79 bits per heavy atom. The summed E-state index contributed by atoms with van der Waals surface area (Å²) in [6.07, 6.45) is 2.60. The van der Waals surface area contributed by atoms with Gasteiger partial charge in [0.2, 0.25) is 0 Å². The van der Waals surface area contributed by atoms with Crippen LogP contribution in [0.4, 0.5) is 0 Å². The Hall–Kier alpha value is -0.350. The molecule has 2 N–H and O–H groups in total. The second-order valence-corrected chi connectivity index (χ2v) is 4.69. The Morgan fingerprint density at radius 2 is 2.29 bits per heavy atom. The van der Waals surface area contributed by atoms with Crippen LogP contribution in [0.2, 0.25) is 0 Å². The monoisotopic (exact) mass is 215 g/mol. The van der Waals surface area contributed by atoms with Crippen molar-refractivity contribution in [3.63, 3.8) is 0 Å². The Morgan fingerprint density at radius 1 is 1.57 bits per heavy atom. The topological polar surface area (TPSA) is 27.3 Å². The smallest absolute Gasteiger partial charge is 0.166 e. The van der Waals surface area contributed by atoms with Gasteiger partial charge >= 0.3 is 0 Å². The van der Waals surface area contributed by atoms with Crippen molar-refractivity contribution < 1.29 is 0 Å². The van der Waals surface area contributed by atoms with Crippen molar-refractivity contribution in [2.45, 2.75) is 38.8 Å². The number of nitrogens with zero attached hydrogens (tertiary/aromatic N) is 1. The summed E-state index contributed by atoms with van der Waals surface area (Å²) in [7, 11) is 2.18. The zero-order valence-corrected chi connectivity index (χ0v) is 10.2. The molecule has 1 rings (SSSR count). The summed E-state index contributed by atoms with van der Waals surface area (Å²) in [6.45, 7) is 6.37. The maximum Gasteiger partial charge on any atom is 0.166 e. The van der Waals surface area contributed by atoms with Crippen LogP contribution in [0.5, 0.6) is 0 Å². The Labute approximate surface area is 92.2 Å². The van der Waals surface area contributed by atoms with Crippen LogP contribution < -0.4 is 10.6 Å². The highest BCUT2D eigenvalue weighted by molar-refractivity contribution is 7.80. The molecule has 0 amide bonds. The normalized spacial score (nSPS) is 22.7. The van der Waals surface area contributed by atoms with Crippen molar-refractivity contribution in [1.29, 1.82) is 0 Å². The predicted molar refractivity (Wildman–Crippen MR) is 64.5 cm³/mol. The van der Waals surface area contributed by atoms with Crippen LogP contribution in [0.15, 0.2) is 0 Å². The number of rotatable bonds is 3. The molecule has 3 nitrogen and oxygen atoms in total. The number of hydrogen-bond donors (Lipinski definition) is 2. The molecule has 1 aliphatic rings. The van der Waals surface area contributed by atoms with Gasteiger partial charge in [-0.2, -0.15) is 0 Å². The molecular formula is C10H21N3S. The summed E-state index contributed by atoms with van der Waals surface area (Å²) >= 11 is 5.16. The Kier molecular flexibility index (Phi) is 4.62. The molecule has 0 saturated carbocycles. The highest BCUT2D eigenvalue weighted by atomic mass is 32.1. The first kappa shape index (κ1) is 11.7. The molecule has 0 radical (unpaired) electrons. The van der Waals surface area contributed by atoms with E-state index in [1.54, 1.807) is 0 Å². The van der Waals surface area contributed by atoms with Crippen LogP contribution >= 0.6 is 12.2 Å². The highest BCUT2D eigenvalue weighted by Gasteiger charge is 2.20. The SMILES string of the molecule is CC(C)NC(=S)NCC1CCCN1C. The van der Waals surface area contributed by atoms with Crippen LogP contribution in [0.3, 0.4) is 0 Å².